The number of aldehydes is 1. The Labute approximate surface area is 124 Å². The van der Waals surface area contributed by atoms with E-state index in [9.17, 15) is 9.59 Å². The van der Waals surface area contributed by atoms with Gasteiger partial charge in [0, 0.05) is 17.8 Å². The van der Waals surface area contributed by atoms with E-state index in [0.717, 1.165) is 25.5 Å². The zero-order valence-corrected chi connectivity index (χ0v) is 11.9. The maximum atomic E-state index is 11.9. The van der Waals surface area contributed by atoms with E-state index in [1.165, 1.54) is 17.7 Å². The highest BCUT2D eigenvalue weighted by atomic mass is 16.1. The lowest BCUT2D eigenvalue weighted by atomic mass is 10.0. The van der Waals surface area contributed by atoms with Crippen LogP contribution in [0.25, 0.3) is 0 Å². The number of hydrogen-bond acceptors (Lipinski definition) is 2. The van der Waals surface area contributed by atoms with Gasteiger partial charge in [0.2, 0.25) is 0 Å². The molecule has 0 saturated heterocycles. The van der Waals surface area contributed by atoms with Crippen molar-refractivity contribution in [1.82, 2.24) is 4.57 Å². The molecule has 1 heterocycles. The van der Waals surface area contributed by atoms with Gasteiger partial charge in [-0.3, -0.25) is 9.59 Å². The molecule has 0 spiro atoms. The number of carbonyl (C=O) groups is 1. The Hall–Kier alpha value is -2.42. The SMILES string of the molecule is C=CC(CCCc1ccccc1)n1cc(C=O)ccc1=O. The molecule has 0 bridgehead atoms. The summed E-state index contributed by atoms with van der Waals surface area (Å²) in [5.41, 5.74) is 1.68. The van der Waals surface area contributed by atoms with Crippen LogP contribution in [0.3, 0.4) is 0 Å². The predicted molar refractivity (Wildman–Crippen MR) is 84.7 cm³/mol. The molecule has 3 heteroatoms. The minimum Gasteiger partial charge on any atom is -0.308 e. The van der Waals surface area contributed by atoms with Crippen LogP contribution in [0.1, 0.15) is 34.8 Å². The van der Waals surface area contributed by atoms with E-state index < -0.39 is 0 Å². The van der Waals surface area contributed by atoms with Gasteiger partial charge in [0.25, 0.3) is 5.56 Å². The average Bonchev–Trinajstić information content (AvgIpc) is 2.53. The van der Waals surface area contributed by atoms with Crippen LogP contribution in [0.5, 0.6) is 0 Å². The predicted octanol–water partition coefficient (Wildman–Crippen LogP) is 3.41. The van der Waals surface area contributed by atoms with E-state index in [1.807, 2.05) is 18.2 Å². The van der Waals surface area contributed by atoms with Crippen LogP contribution in [0.2, 0.25) is 0 Å². The summed E-state index contributed by atoms with van der Waals surface area (Å²) in [4.78, 5) is 22.8. The summed E-state index contributed by atoms with van der Waals surface area (Å²) < 4.78 is 1.59. The van der Waals surface area contributed by atoms with Gasteiger partial charge in [0.05, 0.1) is 6.04 Å². The molecule has 0 aliphatic heterocycles. The second-order valence-corrected chi connectivity index (χ2v) is 5.01. The minimum absolute atomic E-state index is 0.0823. The summed E-state index contributed by atoms with van der Waals surface area (Å²) in [6, 6.07) is 13.1. The van der Waals surface area contributed by atoms with E-state index >= 15 is 0 Å². The third-order valence-electron chi connectivity index (χ3n) is 3.53. The average molecular weight is 281 g/mol. The van der Waals surface area contributed by atoms with Gasteiger partial charge in [-0.1, -0.05) is 36.4 Å². The smallest absolute Gasteiger partial charge is 0.251 e. The molecule has 0 amide bonds. The molecule has 3 nitrogen and oxygen atoms in total. The van der Waals surface area contributed by atoms with Crippen molar-refractivity contribution >= 4 is 6.29 Å². The zero-order chi connectivity index (χ0) is 15.1. The summed E-state index contributed by atoms with van der Waals surface area (Å²) in [7, 11) is 0. The summed E-state index contributed by atoms with van der Waals surface area (Å²) in [6.07, 6.45) is 6.86. The van der Waals surface area contributed by atoms with Gasteiger partial charge < -0.3 is 4.57 Å². The van der Waals surface area contributed by atoms with Gasteiger partial charge in [-0.2, -0.15) is 0 Å². The fraction of sp³-hybridized carbons (Fsp3) is 0.222. The summed E-state index contributed by atoms with van der Waals surface area (Å²) in [5.74, 6) is 0. The topological polar surface area (TPSA) is 39.1 Å². The van der Waals surface area contributed by atoms with Crippen molar-refractivity contribution in [2.75, 3.05) is 0 Å². The largest absolute Gasteiger partial charge is 0.308 e. The molecule has 0 aliphatic carbocycles. The van der Waals surface area contributed by atoms with Gasteiger partial charge in [-0.25, -0.2) is 0 Å². The molecule has 0 fully saturated rings. The van der Waals surface area contributed by atoms with Crippen molar-refractivity contribution in [3.05, 3.63) is 82.8 Å². The van der Waals surface area contributed by atoms with Crippen LogP contribution in [0.4, 0.5) is 0 Å². The quantitative estimate of drug-likeness (QED) is 0.576. The van der Waals surface area contributed by atoms with Crippen LogP contribution in [0.15, 0.2) is 66.1 Å². The van der Waals surface area contributed by atoms with Crippen molar-refractivity contribution < 1.29 is 4.79 Å². The van der Waals surface area contributed by atoms with Gasteiger partial charge in [-0.05, 0) is 30.9 Å². The third-order valence-corrected chi connectivity index (χ3v) is 3.53. The first-order valence-electron chi connectivity index (χ1n) is 7.08. The summed E-state index contributed by atoms with van der Waals surface area (Å²) in [5, 5.41) is 0. The van der Waals surface area contributed by atoms with Crippen LogP contribution in [0, 0.1) is 0 Å². The van der Waals surface area contributed by atoms with Crippen molar-refractivity contribution in [3.63, 3.8) is 0 Å². The van der Waals surface area contributed by atoms with Crippen LogP contribution in [-0.2, 0) is 6.42 Å². The Bertz CT molecular complexity index is 658. The summed E-state index contributed by atoms with van der Waals surface area (Å²) in [6.45, 7) is 3.81. The first-order valence-corrected chi connectivity index (χ1v) is 7.08. The Morgan fingerprint density at radius 2 is 1.90 bits per heavy atom. The number of carbonyl (C=O) groups excluding carboxylic acids is 1. The number of hydrogen-bond donors (Lipinski definition) is 0. The molecule has 0 aliphatic rings. The number of pyridine rings is 1. The minimum atomic E-state index is -0.106. The molecule has 108 valence electrons. The third kappa shape index (κ3) is 4.02. The lowest BCUT2D eigenvalue weighted by Crippen LogP contribution is -2.23. The highest BCUT2D eigenvalue weighted by Gasteiger charge is 2.09. The Kier molecular flexibility index (Phi) is 5.27. The highest BCUT2D eigenvalue weighted by Crippen LogP contribution is 2.16. The first-order chi connectivity index (χ1) is 10.2. The van der Waals surface area contributed by atoms with E-state index in [-0.39, 0.29) is 11.6 Å². The van der Waals surface area contributed by atoms with Crippen molar-refractivity contribution in [2.24, 2.45) is 0 Å². The maximum absolute atomic E-state index is 11.9. The molecule has 0 radical (unpaired) electrons. The fourth-order valence-electron chi connectivity index (χ4n) is 2.38. The van der Waals surface area contributed by atoms with E-state index in [4.69, 9.17) is 0 Å². The normalized spacial score (nSPS) is 11.8. The molecule has 0 N–H and O–H groups in total. The number of aryl methyl sites for hydroxylation is 1. The Morgan fingerprint density at radius 3 is 2.57 bits per heavy atom. The fourth-order valence-corrected chi connectivity index (χ4v) is 2.38. The Morgan fingerprint density at radius 1 is 1.14 bits per heavy atom. The lowest BCUT2D eigenvalue weighted by Gasteiger charge is -2.16. The van der Waals surface area contributed by atoms with E-state index in [0.29, 0.717) is 5.56 Å². The number of nitrogens with zero attached hydrogens (tertiary/aromatic N) is 1. The van der Waals surface area contributed by atoms with E-state index in [2.05, 4.69) is 18.7 Å². The molecule has 1 aromatic heterocycles. The van der Waals surface area contributed by atoms with E-state index in [1.54, 1.807) is 16.8 Å². The van der Waals surface area contributed by atoms with Gasteiger partial charge in [0.1, 0.15) is 0 Å². The van der Waals surface area contributed by atoms with Crippen LogP contribution in [-0.4, -0.2) is 10.9 Å². The van der Waals surface area contributed by atoms with Crippen molar-refractivity contribution in [2.45, 2.75) is 25.3 Å². The molecule has 2 rings (SSSR count). The summed E-state index contributed by atoms with van der Waals surface area (Å²) >= 11 is 0. The molecular weight excluding hydrogens is 262 g/mol. The van der Waals surface area contributed by atoms with Gasteiger partial charge in [0.15, 0.2) is 6.29 Å². The molecule has 1 unspecified atom stereocenters. The second-order valence-electron chi connectivity index (χ2n) is 5.01. The zero-order valence-electron chi connectivity index (χ0n) is 11.9. The number of rotatable bonds is 7. The molecule has 0 saturated carbocycles. The highest BCUT2D eigenvalue weighted by molar-refractivity contribution is 5.73. The van der Waals surface area contributed by atoms with Crippen LogP contribution < -0.4 is 5.56 Å². The van der Waals surface area contributed by atoms with Crippen LogP contribution >= 0.6 is 0 Å². The Balaban J connectivity index is 2.05. The molecule has 2 aromatic rings. The molecule has 21 heavy (non-hydrogen) atoms. The first kappa shape index (κ1) is 15.0. The van der Waals surface area contributed by atoms with Gasteiger partial charge >= 0.3 is 0 Å². The number of allylic oxidation sites excluding steroid dienone is 1. The number of aromatic nitrogens is 1. The number of benzene rings is 1. The van der Waals surface area contributed by atoms with Gasteiger partial charge in [-0.15, -0.1) is 6.58 Å². The standard InChI is InChI=1S/C18H19NO2/c1-2-17(10-6-9-15-7-4-3-5-8-15)19-13-16(14-20)11-12-18(19)21/h2-5,7-8,11-14,17H,1,6,9-10H2. The molecule has 1 atom stereocenters. The second kappa shape index (κ2) is 7.39. The molecule has 1 aromatic carbocycles. The molecular formula is C18H19NO2. The maximum Gasteiger partial charge on any atom is 0.251 e. The van der Waals surface area contributed by atoms with Crippen molar-refractivity contribution in [3.8, 4) is 0 Å². The van der Waals surface area contributed by atoms with Crippen molar-refractivity contribution in [1.29, 1.82) is 0 Å². The lowest BCUT2D eigenvalue weighted by molar-refractivity contribution is 0.112. The monoisotopic (exact) mass is 281 g/mol.